The second-order valence-corrected chi connectivity index (χ2v) is 23.1. The van der Waals surface area contributed by atoms with Gasteiger partial charge in [-0.25, -0.2) is 0 Å². The molecule has 0 rings (SSSR count). The molecule has 0 saturated heterocycles. The van der Waals surface area contributed by atoms with Gasteiger partial charge in [0.25, 0.3) is 0 Å². The van der Waals surface area contributed by atoms with Crippen LogP contribution in [0.15, 0.2) is 48.6 Å². The number of allylic oxidation sites excluding steroid dienone is 8. The van der Waals surface area contributed by atoms with Crippen LogP contribution in [0.25, 0.3) is 0 Å². The average molecular weight is 1080 g/mol. The minimum Gasteiger partial charge on any atom is -0.462 e. The summed E-state index contributed by atoms with van der Waals surface area (Å²) in [5.74, 6) is -0.882. The lowest BCUT2D eigenvalue weighted by molar-refractivity contribution is -0.167. The standard InChI is InChI=1S/C71H130O6/c1-4-7-10-13-16-19-22-24-26-28-29-30-31-32-33-34-35-36-37-38-39-40-41-43-44-46-49-52-55-58-61-64-70(73)76-67-68(66-75-69(72)63-60-57-54-51-48-21-18-15-12-9-6-3)77-71(74)65-62-59-56-53-50-47-45-42-27-25-23-20-17-14-11-8-5-2/h8,11,17,20,25,27,45,47,68H,4-7,9-10,12-16,18-19,21-24,26,28-44,46,48-67H2,1-3H3/b11-8-,20-17-,27-25-,47-45-. The second kappa shape index (κ2) is 65.9. The van der Waals surface area contributed by atoms with Crippen LogP contribution in [0.5, 0.6) is 0 Å². The maximum absolute atomic E-state index is 12.9. The van der Waals surface area contributed by atoms with Gasteiger partial charge in [-0.1, -0.05) is 339 Å². The van der Waals surface area contributed by atoms with E-state index in [9.17, 15) is 14.4 Å². The molecule has 0 aromatic rings. The van der Waals surface area contributed by atoms with Crippen LogP contribution in [0.3, 0.4) is 0 Å². The molecule has 0 radical (unpaired) electrons. The van der Waals surface area contributed by atoms with Gasteiger partial charge in [-0.05, 0) is 57.8 Å². The van der Waals surface area contributed by atoms with E-state index in [-0.39, 0.29) is 31.1 Å². The van der Waals surface area contributed by atoms with E-state index in [2.05, 4.69) is 69.4 Å². The van der Waals surface area contributed by atoms with Crippen LogP contribution in [0.4, 0.5) is 0 Å². The summed E-state index contributed by atoms with van der Waals surface area (Å²) in [5, 5.41) is 0. The van der Waals surface area contributed by atoms with E-state index in [1.165, 1.54) is 231 Å². The Balaban J connectivity index is 4.11. The maximum atomic E-state index is 12.9. The highest BCUT2D eigenvalue weighted by Crippen LogP contribution is 2.18. The molecule has 1 unspecified atom stereocenters. The fourth-order valence-corrected chi connectivity index (χ4v) is 10.3. The molecule has 0 aliphatic heterocycles. The first-order valence-electron chi connectivity index (χ1n) is 34.1. The van der Waals surface area contributed by atoms with Crippen LogP contribution < -0.4 is 0 Å². The first-order chi connectivity index (χ1) is 38.0. The van der Waals surface area contributed by atoms with Gasteiger partial charge in [0.1, 0.15) is 13.2 Å². The largest absolute Gasteiger partial charge is 0.462 e. The number of rotatable bonds is 63. The normalized spacial score (nSPS) is 12.3. The Morgan fingerprint density at radius 3 is 0.792 bits per heavy atom. The summed E-state index contributed by atoms with van der Waals surface area (Å²) in [7, 11) is 0. The van der Waals surface area contributed by atoms with Crippen molar-refractivity contribution in [2.75, 3.05) is 13.2 Å². The smallest absolute Gasteiger partial charge is 0.306 e. The van der Waals surface area contributed by atoms with Gasteiger partial charge in [-0.2, -0.15) is 0 Å². The molecule has 0 heterocycles. The topological polar surface area (TPSA) is 78.9 Å². The number of unbranched alkanes of at least 4 members (excludes halogenated alkanes) is 44. The summed E-state index contributed by atoms with van der Waals surface area (Å²) in [6.07, 6.45) is 83.0. The third kappa shape index (κ3) is 64.1. The van der Waals surface area contributed by atoms with Crippen molar-refractivity contribution >= 4 is 17.9 Å². The highest BCUT2D eigenvalue weighted by Gasteiger charge is 2.19. The van der Waals surface area contributed by atoms with Gasteiger partial charge in [-0.3, -0.25) is 14.4 Å². The van der Waals surface area contributed by atoms with Gasteiger partial charge in [0, 0.05) is 19.3 Å². The minimum absolute atomic E-state index is 0.0786. The Bertz CT molecular complexity index is 1330. The summed E-state index contributed by atoms with van der Waals surface area (Å²) in [6.45, 7) is 6.56. The number of ether oxygens (including phenoxy) is 3. The molecular formula is C71H130O6. The van der Waals surface area contributed by atoms with Crippen LogP contribution in [0.1, 0.15) is 367 Å². The first kappa shape index (κ1) is 74.4. The lowest BCUT2D eigenvalue weighted by Crippen LogP contribution is -2.30. The third-order valence-corrected chi connectivity index (χ3v) is 15.3. The molecule has 1 atom stereocenters. The second-order valence-electron chi connectivity index (χ2n) is 23.1. The molecule has 0 fully saturated rings. The van der Waals surface area contributed by atoms with Gasteiger partial charge >= 0.3 is 17.9 Å². The van der Waals surface area contributed by atoms with Crippen LogP contribution in [0.2, 0.25) is 0 Å². The summed E-state index contributed by atoms with van der Waals surface area (Å²) < 4.78 is 16.9. The van der Waals surface area contributed by atoms with Gasteiger partial charge in [0.2, 0.25) is 0 Å². The van der Waals surface area contributed by atoms with Gasteiger partial charge < -0.3 is 14.2 Å². The molecule has 6 heteroatoms. The number of carbonyl (C=O) groups excluding carboxylic acids is 3. The zero-order chi connectivity index (χ0) is 55.7. The molecule has 0 aromatic carbocycles. The van der Waals surface area contributed by atoms with E-state index in [0.29, 0.717) is 19.3 Å². The van der Waals surface area contributed by atoms with E-state index in [0.717, 1.165) is 96.3 Å². The molecule has 77 heavy (non-hydrogen) atoms. The van der Waals surface area contributed by atoms with Crippen molar-refractivity contribution in [3.8, 4) is 0 Å². The monoisotopic (exact) mass is 1080 g/mol. The van der Waals surface area contributed by atoms with Crippen LogP contribution in [-0.4, -0.2) is 37.2 Å². The Labute approximate surface area is 479 Å². The highest BCUT2D eigenvalue weighted by molar-refractivity contribution is 5.71. The van der Waals surface area contributed by atoms with E-state index >= 15 is 0 Å². The maximum Gasteiger partial charge on any atom is 0.306 e. The van der Waals surface area contributed by atoms with E-state index < -0.39 is 6.10 Å². The van der Waals surface area contributed by atoms with E-state index in [1.54, 1.807) is 0 Å². The molecular weight excluding hydrogens is 949 g/mol. The molecule has 6 nitrogen and oxygen atoms in total. The van der Waals surface area contributed by atoms with Crippen molar-refractivity contribution in [2.24, 2.45) is 0 Å². The molecule has 0 spiro atoms. The zero-order valence-corrected chi connectivity index (χ0v) is 51.7. The molecule has 0 aromatic heterocycles. The van der Waals surface area contributed by atoms with Crippen LogP contribution >= 0.6 is 0 Å². The lowest BCUT2D eigenvalue weighted by atomic mass is 10.0. The van der Waals surface area contributed by atoms with E-state index in [4.69, 9.17) is 14.2 Å². The number of carbonyl (C=O) groups is 3. The van der Waals surface area contributed by atoms with E-state index in [1.807, 2.05) is 0 Å². The average Bonchev–Trinajstić information content (AvgIpc) is 3.43. The fourth-order valence-electron chi connectivity index (χ4n) is 10.3. The van der Waals surface area contributed by atoms with Gasteiger partial charge in [-0.15, -0.1) is 0 Å². The SMILES string of the molecule is CC/C=C\C/C=C\C/C=C\C/C=C\CCCCCCC(=O)OC(COC(=O)CCCCCCCCCCCCC)COC(=O)CCCCCCCCCCCCCCCCCCCCCCCCCCCCCCCCC. The third-order valence-electron chi connectivity index (χ3n) is 15.3. The minimum atomic E-state index is -0.783. The zero-order valence-electron chi connectivity index (χ0n) is 51.7. The fraction of sp³-hybridized carbons (Fsp3) is 0.845. The number of hydrogen-bond acceptors (Lipinski definition) is 6. The Kier molecular flexibility index (Phi) is 63.6. The Hall–Kier alpha value is -2.63. The van der Waals surface area contributed by atoms with Crippen molar-refractivity contribution in [1.29, 1.82) is 0 Å². The summed E-state index contributed by atoms with van der Waals surface area (Å²) in [6, 6.07) is 0. The predicted octanol–water partition coefficient (Wildman–Crippen LogP) is 23.3. The number of hydrogen-bond donors (Lipinski definition) is 0. The molecule has 450 valence electrons. The Morgan fingerprint density at radius 1 is 0.273 bits per heavy atom. The predicted molar refractivity (Wildman–Crippen MR) is 335 cm³/mol. The first-order valence-corrected chi connectivity index (χ1v) is 34.1. The summed E-state index contributed by atoms with van der Waals surface area (Å²) >= 11 is 0. The summed E-state index contributed by atoms with van der Waals surface area (Å²) in [4.78, 5) is 38.2. The molecule has 0 amide bonds. The lowest BCUT2D eigenvalue weighted by Gasteiger charge is -2.18. The Morgan fingerprint density at radius 2 is 0.506 bits per heavy atom. The van der Waals surface area contributed by atoms with Crippen LogP contribution in [-0.2, 0) is 28.6 Å². The van der Waals surface area contributed by atoms with Crippen molar-refractivity contribution in [2.45, 2.75) is 374 Å². The van der Waals surface area contributed by atoms with Crippen molar-refractivity contribution in [3.63, 3.8) is 0 Å². The molecule has 0 N–H and O–H groups in total. The van der Waals surface area contributed by atoms with Crippen molar-refractivity contribution in [1.82, 2.24) is 0 Å². The van der Waals surface area contributed by atoms with Crippen molar-refractivity contribution in [3.05, 3.63) is 48.6 Å². The van der Waals surface area contributed by atoms with Gasteiger partial charge in [0.05, 0.1) is 0 Å². The number of esters is 3. The quantitative estimate of drug-likeness (QED) is 0.0261. The molecule has 0 aliphatic rings. The molecule has 0 aliphatic carbocycles. The van der Waals surface area contributed by atoms with Crippen LogP contribution in [0, 0.1) is 0 Å². The molecule has 0 bridgehead atoms. The summed E-state index contributed by atoms with van der Waals surface area (Å²) in [5.41, 5.74) is 0. The highest BCUT2D eigenvalue weighted by atomic mass is 16.6. The molecule has 0 saturated carbocycles. The van der Waals surface area contributed by atoms with Crippen molar-refractivity contribution < 1.29 is 28.6 Å². The van der Waals surface area contributed by atoms with Gasteiger partial charge in [0.15, 0.2) is 6.10 Å².